The molecule has 0 aliphatic rings. The Morgan fingerprint density at radius 3 is 3.00 bits per heavy atom. The van der Waals surface area contributed by atoms with Gasteiger partial charge in [-0.3, -0.25) is 9.78 Å². The topological polar surface area (TPSA) is 95.3 Å². The van der Waals surface area contributed by atoms with Gasteiger partial charge in [0.2, 0.25) is 0 Å². The van der Waals surface area contributed by atoms with E-state index in [-0.39, 0.29) is 22.4 Å². The van der Waals surface area contributed by atoms with Crippen molar-refractivity contribution < 1.29 is 0 Å². The molecule has 0 aliphatic heterocycles. The van der Waals surface area contributed by atoms with E-state index in [1.54, 1.807) is 6.26 Å². The average molecular weight is 219 g/mol. The normalized spacial score (nSPS) is 10.1. The SMILES string of the molecule is CSc1nc2ncc(C#N)nc2c(=O)[nH]1. The maximum Gasteiger partial charge on any atom is 0.279 e. The van der Waals surface area contributed by atoms with Gasteiger partial charge in [0.1, 0.15) is 6.07 Å². The van der Waals surface area contributed by atoms with Crippen molar-refractivity contribution in [3.8, 4) is 6.07 Å². The lowest BCUT2D eigenvalue weighted by Crippen LogP contribution is -2.12. The van der Waals surface area contributed by atoms with Gasteiger partial charge in [-0.05, 0) is 6.26 Å². The van der Waals surface area contributed by atoms with Crippen LogP contribution in [0, 0.1) is 11.3 Å². The Kier molecular flexibility index (Phi) is 2.35. The number of fused-ring (bicyclic) bond motifs is 1. The molecule has 74 valence electrons. The summed E-state index contributed by atoms with van der Waals surface area (Å²) < 4.78 is 0. The number of hydrogen-bond acceptors (Lipinski definition) is 6. The lowest BCUT2D eigenvalue weighted by atomic mass is 10.4. The van der Waals surface area contributed by atoms with Crippen LogP contribution in [-0.2, 0) is 0 Å². The summed E-state index contributed by atoms with van der Waals surface area (Å²) in [5.74, 6) is 0. The standard InChI is InChI=1S/C8H5N5OS/c1-15-8-12-6-5(7(14)13-8)11-4(2-9)3-10-6/h3H,1H3,(H,10,12,13,14). The fraction of sp³-hybridized carbons (Fsp3) is 0.125. The van der Waals surface area contributed by atoms with Crippen molar-refractivity contribution in [1.29, 1.82) is 5.26 Å². The van der Waals surface area contributed by atoms with E-state index in [1.165, 1.54) is 18.0 Å². The molecule has 0 saturated carbocycles. The molecule has 1 N–H and O–H groups in total. The van der Waals surface area contributed by atoms with Gasteiger partial charge in [0.25, 0.3) is 5.56 Å². The molecule has 2 aromatic rings. The molecule has 0 aromatic carbocycles. The van der Waals surface area contributed by atoms with Gasteiger partial charge in [-0.25, -0.2) is 15.0 Å². The molecule has 0 aliphatic carbocycles. The molecular weight excluding hydrogens is 214 g/mol. The quantitative estimate of drug-likeness (QED) is 0.547. The number of nitriles is 1. The summed E-state index contributed by atoms with van der Waals surface area (Å²) in [5, 5.41) is 9.08. The molecule has 0 atom stereocenters. The number of nitrogens with one attached hydrogen (secondary N) is 1. The molecule has 2 rings (SSSR count). The Balaban J connectivity index is 2.81. The number of aromatic nitrogens is 4. The van der Waals surface area contributed by atoms with Crippen LogP contribution < -0.4 is 5.56 Å². The van der Waals surface area contributed by atoms with E-state index in [0.29, 0.717) is 5.16 Å². The molecule has 0 bridgehead atoms. The van der Waals surface area contributed by atoms with Crippen LogP contribution in [0.1, 0.15) is 5.69 Å². The second-order valence-electron chi connectivity index (χ2n) is 2.61. The van der Waals surface area contributed by atoms with Gasteiger partial charge in [-0.2, -0.15) is 5.26 Å². The molecule has 0 saturated heterocycles. The highest BCUT2D eigenvalue weighted by Gasteiger charge is 2.06. The van der Waals surface area contributed by atoms with Crippen LogP contribution in [0.4, 0.5) is 0 Å². The summed E-state index contributed by atoms with van der Waals surface area (Å²) in [4.78, 5) is 25.8. The van der Waals surface area contributed by atoms with E-state index in [0.717, 1.165) is 0 Å². The lowest BCUT2D eigenvalue weighted by molar-refractivity contribution is 0.952. The first-order valence-electron chi connectivity index (χ1n) is 3.96. The maximum atomic E-state index is 11.5. The zero-order chi connectivity index (χ0) is 10.8. The van der Waals surface area contributed by atoms with Crippen LogP contribution in [0.3, 0.4) is 0 Å². The predicted octanol–water partition coefficient (Wildman–Crippen LogP) is 0.307. The number of aromatic amines is 1. The third-order valence-electron chi connectivity index (χ3n) is 1.70. The van der Waals surface area contributed by atoms with Gasteiger partial charge in [0.15, 0.2) is 22.0 Å². The maximum absolute atomic E-state index is 11.5. The molecule has 15 heavy (non-hydrogen) atoms. The molecule has 0 fully saturated rings. The van der Waals surface area contributed by atoms with Crippen LogP contribution in [0.2, 0.25) is 0 Å². The fourth-order valence-corrected chi connectivity index (χ4v) is 1.42. The van der Waals surface area contributed by atoms with Crippen molar-refractivity contribution in [1.82, 2.24) is 19.9 Å². The van der Waals surface area contributed by atoms with E-state index in [9.17, 15) is 4.79 Å². The molecule has 0 unspecified atom stereocenters. The van der Waals surface area contributed by atoms with Crippen LogP contribution in [0.25, 0.3) is 11.2 Å². The highest BCUT2D eigenvalue weighted by atomic mass is 32.2. The lowest BCUT2D eigenvalue weighted by Gasteiger charge is -1.97. The van der Waals surface area contributed by atoms with Gasteiger partial charge >= 0.3 is 0 Å². The first-order valence-corrected chi connectivity index (χ1v) is 5.18. The van der Waals surface area contributed by atoms with Crippen molar-refractivity contribution in [3.05, 3.63) is 22.2 Å². The van der Waals surface area contributed by atoms with E-state index in [4.69, 9.17) is 5.26 Å². The molecule has 6 nitrogen and oxygen atoms in total. The van der Waals surface area contributed by atoms with Gasteiger partial charge in [0, 0.05) is 0 Å². The van der Waals surface area contributed by atoms with E-state index >= 15 is 0 Å². The predicted molar refractivity (Wildman–Crippen MR) is 54.4 cm³/mol. The minimum atomic E-state index is -0.381. The molecule has 2 aromatic heterocycles. The third-order valence-corrected chi connectivity index (χ3v) is 2.28. The molecule has 0 amide bonds. The number of H-pyrrole nitrogens is 1. The summed E-state index contributed by atoms with van der Waals surface area (Å²) in [6.45, 7) is 0. The van der Waals surface area contributed by atoms with Crippen molar-refractivity contribution >= 4 is 22.9 Å². The highest BCUT2D eigenvalue weighted by molar-refractivity contribution is 7.98. The van der Waals surface area contributed by atoms with Crippen molar-refractivity contribution in [3.63, 3.8) is 0 Å². The van der Waals surface area contributed by atoms with Crippen LogP contribution in [0.15, 0.2) is 16.1 Å². The number of rotatable bonds is 1. The Bertz CT molecular complexity index is 614. The fourth-order valence-electron chi connectivity index (χ4n) is 1.05. The van der Waals surface area contributed by atoms with Gasteiger partial charge < -0.3 is 0 Å². The van der Waals surface area contributed by atoms with E-state index in [2.05, 4.69) is 19.9 Å². The Morgan fingerprint density at radius 2 is 2.33 bits per heavy atom. The zero-order valence-corrected chi connectivity index (χ0v) is 8.50. The zero-order valence-electron chi connectivity index (χ0n) is 7.68. The monoisotopic (exact) mass is 219 g/mol. The summed E-state index contributed by atoms with van der Waals surface area (Å²) in [7, 11) is 0. The number of hydrogen-bond donors (Lipinski definition) is 1. The Morgan fingerprint density at radius 1 is 1.53 bits per heavy atom. The van der Waals surface area contributed by atoms with Crippen molar-refractivity contribution in [2.75, 3.05) is 6.26 Å². The second kappa shape index (κ2) is 3.67. The van der Waals surface area contributed by atoms with Gasteiger partial charge in [0.05, 0.1) is 6.20 Å². The summed E-state index contributed by atoms with van der Waals surface area (Å²) in [6.07, 6.45) is 3.08. The number of thioether (sulfide) groups is 1. The van der Waals surface area contributed by atoms with Crippen molar-refractivity contribution in [2.45, 2.75) is 5.16 Å². The summed E-state index contributed by atoms with van der Waals surface area (Å²) in [6, 6.07) is 1.82. The van der Waals surface area contributed by atoms with Crippen LogP contribution in [-0.4, -0.2) is 26.2 Å². The number of nitrogens with zero attached hydrogens (tertiary/aromatic N) is 4. The molecule has 2 heterocycles. The minimum absolute atomic E-state index is 0.0897. The van der Waals surface area contributed by atoms with Crippen LogP contribution >= 0.6 is 11.8 Å². The average Bonchev–Trinajstić information content (AvgIpc) is 2.28. The van der Waals surface area contributed by atoms with Crippen molar-refractivity contribution in [2.24, 2.45) is 0 Å². The molecule has 0 spiro atoms. The van der Waals surface area contributed by atoms with Gasteiger partial charge in [-0.15, -0.1) is 0 Å². The first-order chi connectivity index (χ1) is 7.24. The third kappa shape index (κ3) is 1.67. The smallest absolute Gasteiger partial charge is 0.279 e. The largest absolute Gasteiger partial charge is 0.299 e. The molecular formula is C8H5N5OS. The van der Waals surface area contributed by atoms with Gasteiger partial charge in [-0.1, -0.05) is 11.8 Å². The first kappa shape index (κ1) is 9.61. The minimum Gasteiger partial charge on any atom is -0.299 e. The second-order valence-corrected chi connectivity index (χ2v) is 3.41. The van der Waals surface area contributed by atoms with Crippen LogP contribution in [0.5, 0.6) is 0 Å². The molecule has 0 radical (unpaired) electrons. The highest BCUT2D eigenvalue weighted by Crippen LogP contribution is 2.08. The Labute approximate surface area is 88.4 Å². The Hall–Kier alpha value is -1.94. The summed E-state index contributed by atoms with van der Waals surface area (Å²) in [5.41, 5.74) is 0.0644. The summed E-state index contributed by atoms with van der Waals surface area (Å²) >= 11 is 1.31. The van der Waals surface area contributed by atoms with E-state index in [1.807, 2.05) is 6.07 Å². The molecule has 7 heteroatoms. The van der Waals surface area contributed by atoms with E-state index < -0.39 is 0 Å².